The van der Waals surface area contributed by atoms with Crippen molar-refractivity contribution in [2.24, 2.45) is 0 Å². The van der Waals surface area contributed by atoms with Crippen molar-refractivity contribution in [3.8, 4) is 5.75 Å². The maximum absolute atomic E-state index is 13.0. The third kappa shape index (κ3) is 3.37. The largest absolute Gasteiger partial charge is 0.490 e. The maximum atomic E-state index is 13.0. The molecule has 25 heavy (non-hydrogen) atoms. The van der Waals surface area contributed by atoms with Crippen molar-refractivity contribution in [1.29, 1.82) is 0 Å². The molecule has 1 aromatic heterocycles. The van der Waals surface area contributed by atoms with E-state index >= 15 is 0 Å². The van der Waals surface area contributed by atoms with Crippen molar-refractivity contribution >= 4 is 5.91 Å². The van der Waals surface area contributed by atoms with Crippen LogP contribution in [0.25, 0.3) is 0 Å². The molecule has 0 bridgehead atoms. The fourth-order valence-electron chi connectivity index (χ4n) is 3.08. The van der Waals surface area contributed by atoms with Gasteiger partial charge < -0.3 is 14.4 Å². The summed E-state index contributed by atoms with van der Waals surface area (Å²) in [4.78, 5) is 19.1. The molecule has 4 rings (SSSR count). The molecule has 1 atom stereocenters. The van der Waals surface area contributed by atoms with E-state index in [2.05, 4.69) is 15.2 Å². The first-order valence-corrected chi connectivity index (χ1v) is 8.76. The lowest BCUT2D eigenvalue weighted by Gasteiger charge is -2.33. The number of nitrogens with one attached hydrogen (secondary N) is 1. The van der Waals surface area contributed by atoms with Gasteiger partial charge in [-0.3, -0.25) is 9.89 Å². The van der Waals surface area contributed by atoms with E-state index in [-0.39, 0.29) is 18.1 Å². The number of morpholine rings is 1. The first kappa shape index (κ1) is 16.1. The smallest absolute Gasteiger partial charge is 0.257 e. The Kier molecular flexibility index (Phi) is 4.40. The van der Waals surface area contributed by atoms with Crippen molar-refractivity contribution in [3.05, 3.63) is 41.5 Å². The quantitative estimate of drug-likeness (QED) is 0.922. The molecular weight excluding hydrogens is 320 g/mol. The van der Waals surface area contributed by atoms with Crippen molar-refractivity contribution in [2.45, 2.75) is 38.4 Å². The molecule has 1 aliphatic heterocycles. The summed E-state index contributed by atoms with van der Waals surface area (Å²) in [7, 11) is 0. The van der Waals surface area contributed by atoms with Crippen molar-refractivity contribution in [3.63, 3.8) is 0 Å². The zero-order valence-electron chi connectivity index (χ0n) is 14.3. The molecule has 1 saturated heterocycles. The van der Waals surface area contributed by atoms with Crippen LogP contribution in [0.4, 0.5) is 0 Å². The van der Waals surface area contributed by atoms with Crippen molar-refractivity contribution in [2.75, 3.05) is 19.7 Å². The molecule has 1 aliphatic carbocycles. The summed E-state index contributed by atoms with van der Waals surface area (Å²) in [6.45, 7) is 3.30. The minimum atomic E-state index is -0.303. The van der Waals surface area contributed by atoms with E-state index in [0.717, 1.165) is 18.7 Å². The van der Waals surface area contributed by atoms with Gasteiger partial charge >= 0.3 is 0 Å². The van der Waals surface area contributed by atoms with Crippen LogP contribution in [0, 0.1) is 6.92 Å². The van der Waals surface area contributed by atoms with Gasteiger partial charge in [0.1, 0.15) is 17.7 Å². The summed E-state index contributed by atoms with van der Waals surface area (Å²) in [6.07, 6.45) is 3.26. The molecule has 1 aromatic carbocycles. The monoisotopic (exact) mass is 342 g/mol. The number of benzene rings is 1. The highest BCUT2D eigenvalue weighted by atomic mass is 16.5. The van der Waals surface area contributed by atoms with Crippen molar-refractivity contribution < 1.29 is 14.3 Å². The highest BCUT2D eigenvalue weighted by Crippen LogP contribution is 2.29. The number of rotatable bonds is 4. The summed E-state index contributed by atoms with van der Waals surface area (Å²) >= 11 is 0. The SMILES string of the molecule is Cc1nc([C@H]2CN(C(=O)c3ccccc3OC3CCC3)CCO2)n[nH]1. The number of hydrogen-bond acceptors (Lipinski definition) is 5. The zero-order chi connectivity index (χ0) is 17.2. The number of aryl methyl sites for hydroxylation is 1. The van der Waals surface area contributed by atoms with E-state index in [1.807, 2.05) is 31.2 Å². The number of carbonyl (C=O) groups excluding carboxylic acids is 1. The van der Waals surface area contributed by atoms with Crippen LogP contribution in [0.3, 0.4) is 0 Å². The van der Waals surface area contributed by atoms with E-state index in [1.54, 1.807) is 4.90 Å². The molecular formula is C18H22N4O3. The van der Waals surface area contributed by atoms with Gasteiger partial charge in [-0.1, -0.05) is 12.1 Å². The number of para-hydroxylation sites is 1. The highest BCUT2D eigenvalue weighted by molar-refractivity contribution is 5.97. The average molecular weight is 342 g/mol. The predicted molar refractivity (Wildman–Crippen MR) is 90.4 cm³/mol. The predicted octanol–water partition coefficient (Wildman–Crippen LogP) is 2.26. The molecule has 1 amide bonds. The molecule has 2 fully saturated rings. The van der Waals surface area contributed by atoms with Crippen LogP contribution in [-0.4, -0.2) is 51.8 Å². The number of hydrogen-bond donors (Lipinski definition) is 1. The summed E-state index contributed by atoms with van der Waals surface area (Å²) < 4.78 is 11.7. The third-order valence-corrected chi connectivity index (χ3v) is 4.72. The number of nitrogens with zero attached hydrogens (tertiary/aromatic N) is 3. The molecule has 2 heterocycles. The second-order valence-corrected chi connectivity index (χ2v) is 6.56. The third-order valence-electron chi connectivity index (χ3n) is 4.72. The van der Waals surface area contributed by atoms with Crippen LogP contribution in [-0.2, 0) is 4.74 Å². The molecule has 7 heteroatoms. The Hall–Kier alpha value is -2.41. The van der Waals surface area contributed by atoms with Crippen LogP contribution in [0.15, 0.2) is 24.3 Å². The number of aromatic amines is 1. The minimum absolute atomic E-state index is 0.0320. The van der Waals surface area contributed by atoms with Gasteiger partial charge in [0.05, 0.1) is 24.8 Å². The summed E-state index contributed by atoms with van der Waals surface area (Å²) in [5.41, 5.74) is 0.612. The number of carbonyl (C=O) groups is 1. The Morgan fingerprint density at radius 2 is 2.20 bits per heavy atom. The van der Waals surface area contributed by atoms with Gasteiger partial charge in [-0.15, -0.1) is 0 Å². The Balaban J connectivity index is 1.50. The lowest BCUT2D eigenvalue weighted by Crippen LogP contribution is -2.42. The van der Waals surface area contributed by atoms with Gasteiger partial charge in [0.2, 0.25) is 0 Å². The molecule has 132 valence electrons. The molecule has 0 spiro atoms. The van der Waals surface area contributed by atoms with Crippen LogP contribution >= 0.6 is 0 Å². The normalized spacial score (nSPS) is 21.0. The van der Waals surface area contributed by atoms with Gasteiger partial charge in [0, 0.05) is 6.54 Å². The summed E-state index contributed by atoms with van der Waals surface area (Å²) in [5.74, 6) is 1.97. The molecule has 7 nitrogen and oxygen atoms in total. The maximum Gasteiger partial charge on any atom is 0.257 e. The van der Waals surface area contributed by atoms with E-state index in [9.17, 15) is 4.79 Å². The summed E-state index contributed by atoms with van der Waals surface area (Å²) in [5, 5.41) is 6.98. The molecule has 1 saturated carbocycles. The Morgan fingerprint density at radius 1 is 1.36 bits per heavy atom. The van der Waals surface area contributed by atoms with Crippen LogP contribution in [0.5, 0.6) is 5.75 Å². The fraction of sp³-hybridized carbons (Fsp3) is 0.500. The van der Waals surface area contributed by atoms with Gasteiger partial charge in [-0.2, -0.15) is 5.10 Å². The summed E-state index contributed by atoms with van der Waals surface area (Å²) in [6, 6.07) is 7.49. The van der Waals surface area contributed by atoms with E-state index in [1.165, 1.54) is 6.42 Å². The lowest BCUT2D eigenvalue weighted by molar-refractivity contribution is -0.0268. The van der Waals surface area contributed by atoms with E-state index in [4.69, 9.17) is 9.47 Å². The number of amides is 1. The number of H-pyrrole nitrogens is 1. The topological polar surface area (TPSA) is 80.3 Å². The van der Waals surface area contributed by atoms with Gasteiger partial charge in [0.25, 0.3) is 5.91 Å². The molecule has 1 N–H and O–H groups in total. The first-order chi connectivity index (χ1) is 12.2. The minimum Gasteiger partial charge on any atom is -0.490 e. The molecule has 2 aliphatic rings. The Bertz CT molecular complexity index is 756. The van der Waals surface area contributed by atoms with Crippen LogP contribution in [0.1, 0.15) is 47.4 Å². The number of ether oxygens (including phenoxy) is 2. The molecule has 2 aromatic rings. The number of aromatic nitrogens is 3. The van der Waals surface area contributed by atoms with Gasteiger partial charge in [0.15, 0.2) is 5.82 Å². The zero-order valence-corrected chi connectivity index (χ0v) is 14.3. The van der Waals surface area contributed by atoms with Crippen LogP contribution < -0.4 is 4.74 Å². The second-order valence-electron chi connectivity index (χ2n) is 6.56. The fourth-order valence-corrected chi connectivity index (χ4v) is 3.08. The Morgan fingerprint density at radius 3 is 2.92 bits per heavy atom. The first-order valence-electron chi connectivity index (χ1n) is 8.76. The standard InChI is InChI=1S/C18H22N4O3/c1-12-19-17(21-20-12)16-11-22(9-10-24-16)18(23)14-7-2-3-8-15(14)25-13-5-4-6-13/h2-3,7-8,13,16H,4-6,9-11H2,1H3,(H,19,20,21)/t16-/m1/s1. The van der Waals surface area contributed by atoms with Crippen molar-refractivity contribution in [1.82, 2.24) is 20.1 Å². The van der Waals surface area contributed by atoms with E-state index in [0.29, 0.717) is 36.8 Å². The second kappa shape index (κ2) is 6.84. The van der Waals surface area contributed by atoms with Gasteiger partial charge in [-0.05, 0) is 38.3 Å². The molecule has 0 radical (unpaired) electrons. The average Bonchev–Trinajstić information content (AvgIpc) is 3.04. The van der Waals surface area contributed by atoms with Crippen LogP contribution in [0.2, 0.25) is 0 Å². The Labute approximate surface area is 146 Å². The van der Waals surface area contributed by atoms with Gasteiger partial charge in [-0.25, -0.2) is 4.98 Å². The van der Waals surface area contributed by atoms with E-state index < -0.39 is 0 Å². The highest BCUT2D eigenvalue weighted by Gasteiger charge is 2.30. The lowest BCUT2D eigenvalue weighted by atomic mass is 9.96. The molecule has 0 unspecified atom stereocenters.